The van der Waals surface area contributed by atoms with Crippen molar-refractivity contribution in [3.8, 4) is 5.75 Å². The lowest BCUT2D eigenvalue weighted by Crippen LogP contribution is -2.33. The van der Waals surface area contributed by atoms with E-state index in [-0.39, 0.29) is 18.4 Å². The van der Waals surface area contributed by atoms with Crippen molar-refractivity contribution >= 4 is 17.5 Å². The van der Waals surface area contributed by atoms with Crippen LogP contribution in [0.2, 0.25) is 0 Å². The molecule has 2 aliphatic rings. The van der Waals surface area contributed by atoms with Crippen LogP contribution in [0.15, 0.2) is 18.2 Å². The zero-order valence-electron chi connectivity index (χ0n) is 12.5. The summed E-state index contributed by atoms with van der Waals surface area (Å²) in [4.78, 5) is 23.5. The van der Waals surface area contributed by atoms with Crippen molar-refractivity contribution in [1.82, 2.24) is 10.6 Å². The van der Waals surface area contributed by atoms with Gasteiger partial charge in [-0.25, -0.2) is 0 Å². The molecule has 1 fully saturated rings. The van der Waals surface area contributed by atoms with Crippen molar-refractivity contribution in [2.24, 2.45) is 5.92 Å². The smallest absolute Gasteiger partial charge is 0.262 e. The second kappa shape index (κ2) is 6.79. The summed E-state index contributed by atoms with van der Waals surface area (Å²) in [7, 11) is 0. The molecule has 2 aliphatic heterocycles. The zero-order valence-corrected chi connectivity index (χ0v) is 12.5. The Bertz CT molecular complexity index is 568. The van der Waals surface area contributed by atoms with Crippen LogP contribution in [-0.4, -0.2) is 38.1 Å². The van der Waals surface area contributed by atoms with Crippen LogP contribution in [-0.2, 0) is 4.79 Å². The Morgan fingerprint density at radius 1 is 1.41 bits per heavy atom. The molecule has 6 nitrogen and oxygen atoms in total. The summed E-state index contributed by atoms with van der Waals surface area (Å²) >= 11 is 0. The maximum atomic E-state index is 12.2. The number of anilines is 1. The summed E-state index contributed by atoms with van der Waals surface area (Å²) in [5.74, 6) is 0.927. The third-order valence-electron chi connectivity index (χ3n) is 4.11. The fourth-order valence-electron chi connectivity index (χ4n) is 2.89. The molecule has 3 N–H and O–H groups in total. The van der Waals surface area contributed by atoms with Crippen molar-refractivity contribution in [1.29, 1.82) is 0 Å². The first-order chi connectivity index (χ1) is 10.7. The van der Waals surface area contributed by atoms with Gasteiger partial charge in [0.05, 0.1) is 5.69 Å². The number of hydrogen-bond acceptors (Lipinski definition) is 4. The number of hydrogen-bond donors (Lipinski definition) is 3. The summed E-state index contributed by atoms with van der Waals surface area (Å²) < 4.78 is 5.28. The maximum absolute atomic E-state index is 12.2. The fraction of sp³-hybridized carbons (Fsp3) is 0.500. The molecule has 0 aromatic heterocycles. The molecule has 1 aromatic carbocycles. The van der Waals surface area contributed by atoms with E-state index in [1.165, 1.54) is 12.8 Å². The van der Waals surface area contributed by atoms with E-state index in [0.29, 0.717) is 29.5 Å². The highest BCUT2D eigenvalue weighted by molar-refractivity contribution is 5.99. The van der Waals surface area contributed by atoms with E-state index in [0.717, 1.165) is 19.5 Å². The Morgan fingerprint density at radius 3 is 3.14 bits per heavy atom. The summed E-state index contributed by atoms with van der Waals surface area (Å²) in [6.45, 7) is 2.84. The van der Waals surface area contributed by atoms with Gasteiger partial charge in [-0.2, -0.15) is 0 Å². The van der Waals surface area contributed by atoms with E-state index in [9.17, 15) is 9.59 Å². The number of carbonyl (C=O) groups is 2. The van der Waals surface area contributed by atoms with Gasteiger partial charge in [-0.15, -0.1) is 0 Å². The number of amides is 2. The van der Waals surface area contributed by atoms with E-state index >= 15 is 0 Å². The molecule has 1 unspecified atom stereocenters. The molecule has 1 saturated heterocycles. The predicted molar refractivity (Wildman–Crippen MR) is 83.1 cm³/mol. The normalized spacial score (nSPS) is 20.5. The van der Waals surface area contributed by atoms with Crippen LogP contribution >= 0.6 is 0 Å². The monoisotopic (exact) mass is 303 g/mol. The lowest BCUT2D eigenvalue weighted by Gasteiger charge is -2.22. The maximum Gasteiger partial charge on any atom is 0.262 e. The number of ether oxygens (including phenoxy) is 1. The molecule has 0 spiro atoms. The van der Waals surface area contributed by atoms with Crippen LogP contribution in [0.4, 0.5) is 5.69 Å². The van der Waals surface area contributed by atoms with Gasteiger partial charge in [0.1, 0.15) is 5.75 Å². The Kier molecular flexibility index (Phi) is 4.58. The minimum Gasteiger partial charge on any atom is -0.482 e. The Labute approximate surface area is 129 Å². The van der Waals surface area contributed by atoms with Gasteiger partial charge < -0.3 is 20.7 Å². The molecule has 22 heavy (non-hydrogen) atoms. The molecule has 118 valence electrons. The Morgan fingerprint density at radius 2 is 2.32 bits per heavy atom. The van der Waals surface area contributed by atoms with Gasteiger partial charge in [0.25, 0.3) is 11.8 Å². The predicted octanol–water partition coefficient (Wildman–Crippen LogP) is 1.14. The van der Waals surface area contributed by atoms with E-state index in [1.807, 2.05) is 0 Å². The summed E-state index contributed by atoms with van der Waals surface area (Å²) in [5.41, 5.74) is 1.09. The van der Waals surface area contributed by atoms with Gasteiger partial charge in [-0.3, -0.25) is 9.59 Å². The standard InChI is InChI=1S/C16H21N3O3/c20-15-10-22-14-4-3-12(8-13(14)19-15)16(21)18-7-5-11-2-1-6-17-9-11/h3-4,8,11,17H,1-2,5-7,9-10H2,(H,18,21)(H,19,20). The first-order valence-electron chi connectivity index (χ1n) is 7.78. The number of nitrogens with one attached hydrogen (secondary N) is 3. The Hall–Kier alpha value is -2.08. The molecule has 6 heteroatoms. The molecule has 1 aromatic rings. The lowest BCUT2D eigenvalue weighted by atomic mass is 9.96. The SMILES string of the molecule is O=C1COc2ccc(C(=O)NCCC3CCCNC3)cc2N1. The summed E-state index contributed by atoms with van der Waals surface area (Å²) in [6, 6.07) is 5.09. The molecule has 2 heterocycles. The van der Waals surface area contributed by atoms with Crippen molar-refractivity contribution in [2.75, 3.05) is 31.6 Å². The van der Waals surface area contributed by atoms with Gasteiger partial charge in [-0.1, -0.05) is 0 Å². The number of fused-ring (bicyclic) bond motifs is 1. The topological polar surface area (TPSA) is 79.5 Å². The van der Waals surface area contributed by atoms with Crippen LogP contribution in [0.5, 0.6) is 5.75 Å². The molecule has 2 amide bonds. The second-order valence-corrected chi connectivity index (χ2v) is 5.80. The van der Waals surface area contributed by atoms with Crippen molar-refractivity contribution < 1.29 is 14.3 Å². The first-order valence-corrected chi connectivity index (χ1v) is 7.78. The molecule has 3 rings (SSSR count). The third kappa shape index (κ3) is 3.57. The van der Waals surface area contributed by atoms with E-state index in [4.69, 9.17) is 4.74 Å². The van der Waals surface area contributed by atoms with Gasteiger partial charge in [0, 0.05) is 12.1 Å². The van der Waals surface area contributed by atoms with Crippen molar-refractivity contribution in [3.05, 3.63) is 23.8 Å². The minimum absolute atomic E-state index is 0.0218. The van der Waals surface area contributed by atoms with Crippen LogP contribution in [0, 0.1) is 5.92 Å². The molecule has 0 aliphatic carbocycles. The summed E-state index contributed by atoms with van der Waals surface area (Å²) in [6.07, 6.45) is 3.43. The second-order valence-electron chi connectivity index (χ2n) is 5.80. The van der Waals surface area contributed by atoms with Crippen LogP contribution in [0.25, 0.3) is 0 Å². The van der Waals surface area contributed by atoms with Crippen molar-refractivity contribution in [2.45, 2.75) is 19.3 Å². The van der Waals surface area contributed by atoms with Crippen LogP contribution in [0.3, 0.4) is 0 Å². The first kappa shape index (κ1) is 14.8. The van der Waals surface area contributed by atoms with E-state index < -0.39 is 0 Å². The highest BCUT2D eigenvalue weighted by Crippen LogP contribution is 2.28. The number of carbonyl (C=O) groups excluding carboxylic acids is 2. The highest BCUT2D eigenvalue weighted by Gasteiger charge is 2.18. The van der Waals surface area contributed by atoms with Crippen molar-refractivity contribution in [3.63, 3.8) is 0 Å². The average Bonchev–Trinajstić information content (AvgIpc) is 2.55. The minimum atomic E-state index is -0.199. The molecular formula is C16H21N3O3. The highest BCUT2D eigenvalue weighted by atomic mass is 16.5. The number of piperidine rings is 1. The van der Waals surface area contributed by atoms with Crippen LogP contribution in [0.1, 0.15) is 29.6 Å². The summed E-state index contributed by atoms with van der Waals surface area (Å²) in [5, 5.41) is 9.03. The quantitative estimate of drug-likeness (QED) is 0.779. The van der Waals surface area contributed by atoms with Gasteiger partial charge in [0.15, 0.2) is 6.61 Å². The fourth-order valence-corrected chi connectivity index (χ4v) is 2.89. The number of benzene rings is 1. The van der Waals surface area contributed by atoms with E-state index in [2.05, 4.69) is 16.0 Å². The Balaban J connectivity index is 1.53. The zero-order chi connectivity index (χ0) is 15.4. The molecule has 1 atom stereocenters. The lowest BCUT2D eigenvalue weighted by molar-refractivity contribution is -0.118. The molecule has 0 bridgehead atoms. The van der Waals surface area contributed by atoms with E-state index in [1.54, 1.807) is 18.2 Å². The van der Waals surface area contributed by atoms with Gasteiger partial charge in [-0.05, 0) is 56.5 Å². The third-order valence-corrected chi connectivity index (χ3v) is 4.11. The average molecular weight is 303 g/mol. The van der Waals surface area contributed by atoms with Gasteiger partial charge >= 0.3 is 0 Å². The van der Waals surface area contributed by atoms with Crippen LogP contribution < -0.4 is 20.7 Å². The largest absolute Gasteiger partial charge is 0.482 e. The van der Waals surface area contributed by atoms with Gasteiger partial charge in [0.2, 0.25) is 0 Å². The molecule has 0 saturated carbocycles. The number of rotatable bonds is 4. The molecule has 0 radical (unpaired) electrons. The molecular weight excluding hydrogens is 282 g/mol.